The van der Waals surface area contributed by atoms with Crippen LogP contribution in [-0.2, 0) is 9.59 Å². The summed E-state index contributed by atoms with van der Waals surface area (Å²) in [6, 6.07) is 7.00. The summed E-state index contributed by atoms with van der Waals surface area (Å²) >= 11 is 5.93. The largest absolute Gasteiger partial charge is 0.312 e. The van der Waals surface area contributed by atoms with Crippen molar-refractivity contribution in [2.24, 2.45) is 5.92 Å². The second-order valence-corrected chi connectivity index (χ2v) is 5.15. The van der Waals surface area contributed by atoms with E-state index >= 15 is 0 Å². The molecule has 21 heavy (non-hydrogen) atoms. The van der Waals surface area contributed by atoms with Gasteiger partial charge in [0.1, 0.15) is 6.33 Å². The molecule has 3 rings (SSSR count). The van der Waals surface area contributed by atoms with Crippen molar-refractivity contribution in [1.82, 2.24) is 15.2 Å². The van der Waals surface area contributed by atoms with Crippen molar-refractivity contribution in [3.05, 3.63) is 35.6 Å². The molecule has 1 saturated heterocycles. The molecule has 1 aliphatic heterocycles. The summed E-state index contributed by atoms with van der Waals surface area (Å²) in [6.45, 7) is 0.319. The fourth-order valence-corrected chi connectivity index (χ4v) is 2.45. The smallest absolute Gasteiger partial charge is 0.232 e. The van der Waals surface area contributed by atoms with Gasteiger partial charge in [0.15, 0.2) is 0 Å². The molecule has 1 aliphatic rings. The summed E-state index contributed by atoms with van der Waals surface area (Å²) in [5, 5.41) is 9.34. The van der Waals surface area contributed by atoms with Gasteiger partial charge >= 0.3 is 0 Å². The second-order valence-electron chi connectivity index (χ2n) is 4.71. The molecular formula is C13H12ClN5O2. The minimum Gasteiger partial charge on any atom is -0.312 e. The Morgan fingerprint density at radius 3 is 3.05 bits per heavy atom. The zero-order valence-corrected chi connectivity index (χ0v) is 11.7. The van der Waals surface area contributed by atoms with Crippen molar-refractivity contribution in [3.8, 4) is 0 Å². The van der Waals surface area contributed by atoms with E-state index in [9.17, 15) is 9.59 Å². The van der Waals surface area contributed by atoms with Crippen LogP contribution in [0, 0.1) is 5.92 Å². The van der Waals surface area contributed by atoms with Crippen LogP contribution in [0.1, 0.15) is 6.42 Å². The standard InChI is InChI=1S/C13H12ClN5O2/c14-9-2-1-3-10(5-9)19-6-8(4-11(19)20)12(21)17-13-15-7-16-18-13/h1-3,5,7-8H,4,6H2,(H2,15,16,17,18,21). The molecule has 2 heterocycles. The molecule has 0 spiro atoms. The SMILES string of the molecule is O=C(Nc1ncn[nH]1)C1CC(=O)N(c2cccc(Cl)c2)C1. The molecule has 2 aromatic rings. The van der Waals surface area contributed by atoms with Gasteiger partial charge in [0, 0.05) is 23.7 Å². The number of hydrogen-bond acceptors (Lipinski definition) is 4. The van der Waals surface area contributed by atoms with Crippen LogP contribution in [0.5, 0.6) is 0 Å². The van der Waals surface area contributed by atoms with Gasteiger partial charge in [-0.3, -0.25) is 14.9 Å². The maximum atomic E-state index is 12.1. The average molecular weight is 306 g/mol. The van der Waals surface area contributed by atoms with Crippen LogP contribution in [0.4, 0.5) is 11.6 Å². The van der Waals surface area contributed by atoms with Gasteiger partial charge in [0.2, 0.25) is 17.8 Å². The minimum atomic E-state index is -0.429. The van der Waals surface area contributed by atoms with Gasteiger partial charge in [0.05, 0.1) is 5.92 Å². The number of rotatable bonds is 3. The number of amides is 2. The lowest BCUT2D eigenvalue weighted by atomic mass is 10.1. The Morgan fingerprint density at radius 1 is 1.48 bits per heavy atom. The summed E-state index contributed by atoms with van der Waals surface area (Å²) in [4.78, 5) is 29.6. The Bertz CT molecular complexity index is 673. The molecule has 8 heteroatoms. The molecule has 108 valence electrons. The van der Waals surface area contributed by atoms with Crippen molar-refractivity contribution in [2.75, 3.05) is 16.8 Å². The third-order valence-electron chi connectivity index (χ3n) is 3.27. The average Bonchev–Trinajstić information content (AvgIpc) is 3.08. The van der Waals surface area contributed by atoms with Crippen molar-refractivity contribution >= 4 is 35.1 Å². The predicted molar refractivity (Wildman–Crippen MR) is 76.9 cm³/mol. The zero-order valence-electron chi connectivity index (χ0n) is 10.9. The van der Waals surface area contributed by atoms with Crippen LogP contribution in [-0.4, -0.2) is 33.5 Å². The summed E-state index contributed by atoms with van der Waals surface area (Å²) < 4.78 is 0. The minimum absolute atomic E-state index is 0.102. The number of H-pyrrole nitrogens is 1. The Morgan fingerprint density at radius 2 is 2.33 bits per heavy atom. The second kappa shape index (κ2) is 5.53. The molecule has 0 saturated carbocycles. The van der Waals surface area contributed by atoms with Gasteiger partial charge in [-0.2, -0.15) is 10.1 Å². The third kappa shape index (κ3) is 2.87. The van der Waals surface area contributed by atoms with Crippen LogP contribution in [0.25, 0.3) is 0 Å². The lowest BCUT2D eigenvalue weighted by molar-refractivity contribution is -0.122. The van der Waals surface area contributed by atoms with Gasteiger partial charge in [-0.05, 0) is 18.2 Å². The Hall–Kier alpha value is -2.41. The number of carbonyl (C=O) groups excluding carboxylic acids is 2. The highest BCUT2D eigenvalue weighted by Gasteiger charge is 2.35. The molecule has 1 fully saturated rings. The number of anilines is 2. The van der Waals surface area contributed by atoms with Gasteiger partial charge in [-0.15, -0.1) is 0 Å². The number of hydrogen-bond donors (Lipinski definition) is 2. The Labute approximate surface area is 125 Å². The first-order chi connectivity index (χ1) is 10.1. The fourth-order valence-electron chi connectivity index (χ4n) is 2.26. The molecule has 1 unspecified atom stereocenters. The third-order valence-corrected chi connectivity index (χ3v) is 3.51. The molecule has 1 atom stereocenters. The van der Waals surface area contributed by atoms with Gasteiger partial charge in [-0.1, -0.05) is 17.7 Å². The number of nitrogens with zero attached hydrogens (tertiary/aromatic N) is 3. The van der Waals surface area contributed by atoms with E-state index in [1.807, 2.05) is 0 Å². The van der Waals surface area contributed by atoms with Crippen LogP contribution in [0.15, 0.2) is 30.6 Å². The predicted octanol–water partition coefficient (Wildman–Crippen LogP) is 1.45. The van der Waals surface area contributed by atoms with Gasteiger partial charge < -0.3 is 4.90 Å². The maximum absolute atomic E-state index is 12.1. The van der Waals surface area contributed by atoms with Gasteiger partial charge in [0.25, 0.3) is 0 Å². The normalized spacial score (nSPS) is 18.0. The first-order valence-electron chi connectivity index (χ1n) is 6.35. The highest BCUT2D eigenvalue weighted by Crippen LogP contribution is 2.27. The zero-order chi connectivity index (χ0) is 14.8. The summed E-state index contributed by atoms with van der Waals surface area (Å²) in [5.41, 5.74) is 0.697. The molecule has 2 N–H and O–H groups in total. The van der Waals surface area contributed by atoms with Crippen molar-refractivity contribution in [1.29, 1.82) is 0 Å². The summed E-state index contributed by atoms with van der Waals surface area (Å²) in [6.07, 6.45) is 1.46. The Balaban J connectivity index is 1.71. The highest BCUT2D eigenvalue weighted by molar-refractivity contribution is 6.31. The lowest BCUT2D eigenvalue weighted by Gasteiger charge is -2.16. The van der Waals surface area contributed by atoms with Crippen LogP contribution < -0.4 is 10.2 Å². The fraction of sp³-hybridized carbons (Fsp3) is 0.231. The molecule has 2 amide bonds. The van der Waals surface area contributed by atoms with E-state index in [-0.39, 0.29) is 24.2 Å². The number of carbonyl (C=O) groups is 2. The van der Waals surface area contributed by atoms with E-state index < -0.39 is 5.92 Å². The summed E-state index contributed by atoms with van der Waals surface area (Å²) in [7, 11) is 0. The molecule has 0 radical (unpaired) electrons. The van der Waals surface area contributed by atoms with Crippen LogP contribution >= 0.6 is 11.6 Å². The number of halogens is 1. The van der Waals surface area contributed by atoms with E-state index in [1.54, 1.807) is 29.2 Å². The van der Waals surface area contributed by atoms with E-state index in [4.69, 9.17) is 11.6 Å². The number of aromatic amines is 1. The van der Waals surface area contributed by atoms with Crippen molar-refractivity contribution in [2.45, 2.75) is 6.42 Å². The topological polar surface area (TPSA) is 91.0 Å². The molecule has 0 bridgehead atoms. The van der Waals surface area contributed by atoms with Crippen molar-refractivity contribution in [3.63, 3.8) is 0 Å². The van der Waals surface area contributed by atoms with E-state index in [0.717, 1.165) is 0 Å². The molecule has 1 aromatic heterocycles. The van der Waals surface area contributed by atoms with E-state index in [2.05, 4.69) is 20.5 Å². The van der Waals surface area contributed by atoms with Crippen molar-refractivity contribution < 1.29 is 9.59 Å². The molecular weight excluding hydrogens is 294 g/mol. The first kappa shape index (κ1) is 13.6. The van der Waals surface area contributed by atoms with Crippen LogP contribution in [0.2, 0.25) is 5.02 Å². The van der Waals surface area contributed by atoms with Gasteiger partial charge in [-0.25, -0.2) is 5.10 Å². The molecule has 1 aromatic carbocycles. The molecule has 0 aliphatic carbocycles. The maximum Gasteiger partial charge on any atom is 0.232 e. The van der Waals surface area contributed by atoms with E-state index in [1.165, 1.54) is 6.33 Å². The number of aromatic nitrogens is 3. The van der Waals surface area contributed by atoms with Crippen LogP contribution in [0.3, 0.4) is 0 Å². The Kier molecular flexibility index (Phi) is 3.57. The quantitative estimate of drug-likeness (QED) is 0.898. The lowest BCUT2D eigenvalue weighted by Crippen LogP contribution is -2.28. The number of benzene rings is 1. The molecule has 7 nitrogen and oxygen atoms in total. The first-order valence-corrected chi connectivity index (χ1v) is 6.73. The summed E-state index contributed by atoms with van der Waals surface area (Å²) in [5.74, 6) is -0.519. The number of nitrogens with one attached hydrogen (secondary N) is 2. The van der Waals surface area contributed by atoms with E-state index in [0.29, 0.717) is 17.3 Å². The highest BCUT2D eigenvalue weighted by atomic mass is 35.5. The monoisotopic (exact) mass is 305 g/mol.